The lowest BCUT2D eigenvalue weighted by Gasteiger charge is -2.35. The molecule has 57 heavy (non-hydrogen) atoms. The summed E-state index contributed by atoms with van der Waals surface area (Å²) in [5.41, 5.74) is 3.61. The number of nitrogens with one attached hydrogen (secondary N) is 1. The van der Waals surface area contributed by atoms with Crippen LogP contribution in [0.4, 0.5) is 24.5 Å². The molecule has 0 aliphatic heterocycles. The Morgan fingerprint density at radius 2 is 1.54 bits per heavy atom. The van der Waals surface area contributed by atoms with E-state index in [0.717, 1.165) is 47.8 Å². The summed E-state index contributed by atoms with van der Waals surface area (Å²) in [6.07, 6.45) is 11.2. The average Bonchev–Trinajstić information content (AvgIpc) is 3.20. The highest BCUT2D eigenvalue weighted by atomic mass is 19.4. The minimum atomic E-state index is -4.64. The van der Waals surface area contributed by atoms with Crippen LogP contribution in [0.3, 0.4) is 0 Å². The van der Waals surface area contributed by atoms with Gasteiger partial charge in [0.25, 0.3) is 5.91 Å². The fraction of sp³-hybridized carbons (Fsp3) is 0.400. The maximum Gasteiger partial charge on any atom is 0.416 e. The Morgan fingerprint density at radius 3 is 2.12 bits per heavy atom. The highest BCUT2D eigenvalue weighted by Gasteiger charge is 2.34. The summed E-state index contributed by atoms with van der Waals surface area (Å²) in [6.45, 7) is 1.78. The van der Waals surface area contributed by atoms with Crippen LogP contribution in [0.1, 0.15) is 90.9 Å². The van der Waals surface area contributed by atoms with Gasteiger partial charge in [-0.3, -0.25) is 14.4 Å². The van der Waals surface area contributed by atoms with E-state index in [9.17, 15) is 32.7 Å². The molecule has 300 valence electrons. The highest BCUT2D eigenvalue weighted by Crippen LogP contribution is 2.42. The van der Waals surface area contributed by atoms with Crippen molar-refractivity contribution in [3.8, 4) is 11.4 Å². The fourth-order valence-corrected chi connectivity index (χ4v) is 8.12. The Kier molecular flexibility index (Phi) is 13.1. The van der Waals surface area contributed by atoms with Crippen LogP contribution in [0, 0.1) is 17.8 Å². The first-order valence-electron chi connectivity index (χ1n) is 19.7. The van der Waals surface area contributed by atoms with E-state index in [2.05, 4.69) is 28.3 Å². The zero-order valence-corrected chi connectivity index (χ0v) is 32.7. The number of benzene rings is 3. The maximum absolute atomic E-state index is 13.8. The third-order valence-electron chi connectivity index (χ3n) is 11.5. The predicted molar refractivity (Wildman–Crippen MR) is 215 cm³/mol. The number of amides is 2. The molecule has 2 N–H and O–H groups in total. The summed E-state index contributed by atoms with van der Waals surface area (Å²) in [5.74, 6) is 0.724. The van der Waals surface area contributed by atoms with Crippen LogP contribution in [0.25, 0.3) is 17.0 Å². The molecule has 1 unspecified atom stereocenters. The van der Waals surface area contributed by atoms with E-state index in [4.69, 9.17) is 0 Å². The summed E-state index contributed by atoms with van der Waals surface area (Å²) in [7, 11) is 3.26. The minimum absolute atomic E-state index is 0.0209. The van der Waals surface area contributed by atoms with E-state index in [1.165, 1.54) is 85.4 Å². The average molecular weight is 782 g/mol. The second kappa shape index (κ2) is 18.2. The van der Waals surface area contributed by atoms with Crippen LogP contribution in [0.2, 0.25) is 0 Å². The molecular formula is C45H50F3N5O4. The van der Waals surface area contributed by atoms with E-state index >= 15 is 0 Å². The maximum atomic E-state index is 13.8. The minimum Gasteiger partial charge on any atom is -0.480 e. The van der Waals surface area contributed by atoms with Crippen molar-refractivity contribution < 1.29 is 32.7 Å². The van der Waals surface area contributed by atoms with Crippen LogP contribution in [-0.2, 0) is 28.7 Å². The molecule has 4 aromatic rings. The van der Waals surface area contributed by atoms with Gasteiger partial charge in [-0.25, -0.2) is 9.97 Å². The van der Waals surface area contributed by atoms with Gasteiger partial charge in [0, 0.05) is 61.1 Å². The van der Waals surface area contributed by atoms with E-state index < -0.39 is 42.5 Å². The Morgan fingerprint density at radius 1 is 0.860 bits per heavy atom. The van der Waals surface area contributed by atoms with Gasteiger partial charge in [0.05, 0.1) is 12.0 Å². The SMILES string of the molecule is CC[C@H]1CC[C@H](C2CC=C(c3cnc(-c4ccc(CN(CC(=O)O)C(=O)c5ccc(NC(=O)Cc6ccc(N(C)C)cc6C(F)(F)F)cc5)cc4)nc3)CC2)CC1. The predicted octanol–water partition coefficient (Wildman–Crippen LogP) is 9.54. The first-order valence-corrected chi connectivity index (χ1v) is 19.7. The van der Waals surface area contributed by atoms with Crippen molar-refractivity contribution in [3.63, 3.8) is 0 Å². The summed E-state index contributed by atoms with van der Waals surface area (Å²) >= 11 is 0. The molecule has 1 atom stereocenters. The molecule has 3 aromatic carbocycles. The topological polar surface area (TPSA) is 116 Å². The zero-order valence-electron chi connectivity index (χ0n) is 32.7. The van der Waals surface area contributed by atoms with Crippen molar-refractivity contribution in [1.29, 1.82) is 0 Å². The summed E-state index contributed by atoms with van der Waals surface area (Å²) < 4.78 is 41.3. The number of nitrogens with zero attached hydrogens (tertiary/aromatic N) is 4. The number of halogens is 3. The lowest BCUT2D eigenvalue weighted by molar-refractivity contribution is -0.139. The zero-order chi connectivity index (χ0) is 40.7. The van der Waals surface area contributed by atoms with Crippen LogP contribution < -0.4 is 10.2 Å². The van der Waals surface area contributed by atoms with Crippen molar-refractivity contribution >= 4 is 34.7 Å². The van der Waals surface area contributed by atoms with Crippen LogP contribution in [0.5, 0.6) is 0 Å². The molecule has 0 spiro atoms. The van der Waals surface area contributed by atoms with Crippen molar-refractivity contribution in [3.05, 3.63) is 113 Å². The quantitative estimate of drug-likeness (QED) is 0.139. The molecule has 1 saturated carbocycles. The highest BCUT2D eigenvalue weighted by molar-refractivity contribution is 5.97. The molecule has 1 fully saturated rings. The van der Waals surface area contributed by atoms with Gasteiger partial charge in [-0.2, -0.15) is 13.2 Å². The van der Waals surface area contributed by atoms with Crippen molar-refractivity contribution in [2.75, 3.05) is 30.9 Å². The van der Waals surface area contributed by atoms with Gasteiger partial charge in [0.2, 0.25) is 5.91 Å². The van der Waals surface area contributed by atoms with Crippen LogP contribution >= 0.6 is 0 Å². The molecule has 9 nitrogen and oxygen atoms in total. The number of carbonyl (C=O) groups excluding carboxylic acids is 2. The largest absolute Gasteiger partial charge is 0.480 e. The number of anilines is 2. The smallest absolute Gasteiger partial charge is 0.416 e. The Bertz CT molecular complexity index is 2060. The number of carboxylic acid groups (broad SMARTS) is 1. The van der Waals surface area contributed by atoms with Crippen molar-refractivity contribution in [2.24, 2.45) is 17.8 Å². The van der Waals surface area contributed by atoms with E-state index in [1.54, 1.807) is 19.0 Å². The Balaban J connectivity index is 1.04. The first kappa shape index (κ1) is 41.1. The molecule has 2 aliphatic rings. The lowest BCUT2D eigenvalue weighted by Crippen LogP contribution is -2.35. The molecular weight excluding hydrogens is 732 g/mol. The number of carbonyl (C=O) groups is 3. The number of hydrogen-bond donors (Lipinski definition) is 2. The fourth-order valence-electron chi connectivity index (χ4n) is 8.12. The molecule has 0 radical (unpaired) electrons. The van der Waals surface area contributed by atoms with Gasteiger partial charge in [0.1, 0.15) is 6.54 Å². The Labute approximate surface area is 332 Å². The number of rotatable bonds is 13. The number of aromatic nitrogens is 2. The monoisotopic (exact) mass is 781 g/mol. The van der Waals surface area contributed by atoms with Gasteiger partial charge in [0.15, 0.2) is 5.82 Å². The van der Waals surface area contributed by atoms with Gasteiger partial charge in [-0.1, -0.05) is 62.6 Å². The summed E-state index contributed by atoms with van der Waals surface area (Å²) in [6, 6.07) is 16.9. The van der Waals surface area contributed by atoms with Gasteiger partial charge < -0.3 is 20.2 Å². The molecule has 2 amide bonds. The molecule has 12 heteroatoms. The number of alkyl halides is 3. The normalized spacial score (nSPS) is 18.4. The van der Waals surface area contributed by atoms with E-state index in [1.807, 2.05) is 36.7 Å². The van der Waals surface area contributed by atoms with Crippen LogP contribution in [0.15, 0.2) is 85.2 Å². The van der Waals surface area contributed by atoms with Crippen molar-refractivity contribution in [1.82, 2.24) is 14.9 Å². The molecule has 1 aromatic heterocycles. The lowest BCUT2D eigenvalue weighted by atomic mass is 9.71. The standard InChI is InChI=1S/C45H50F3N5O4/c1-4-29-5-9-31(10-6-29)32-13-15-33(16-14-32)37-25-49-43(50-26-37)34-11-7-30(8-12-34)27-53(28-42(55)56)44(57)35-17-20-38(21-18-35)51-41(54)23-36-19-22-39(52(2)3)24-40(36)45(46,47)48/h7-8,11-12,15,17-22,24-26,29,31-32H,4-6,9-10,13-14,16,23,27-28H2,1-3H3,(H,51,54)(H,55,56)/t29-,31-,32?. The third-order valence-corrected chi connectivity index (χ3v) is 11.5. The van der Waals surface area contributed by atoms with Gasteiger partial charge in [-0.05, 0) is 103 Å². The molecule has 0 saturated heterocycles. The van der Waals surface area contributed by atoms with Crippen LogP contribution in [-0.4, -0.2) is 58.4 Å². The van der Waals surface area contributed by atoms with Gasteiger partial charge in [-0.15, -0.1) is 0 Å². The molecule has 6 rings (SSSR count). The van der Waals surface area contributed by atoms with E-state index in [0.29, 0.717) is 17.1 Å². The number of allylic oxidation sites excluding steroid dienone is 2. The number of carboxylic acids is 1. The third kappa shape index (κ3) is 10.7. The second-order valence-electron chi connectivity index (χ2n) is 15.5. The summed E-state index contributed by atoms with van der Waals surface area (Å²) in [5, 5.41) is 12.2. The molecule has 0 bridgehead atoms. The molecule has 2 aliphatic carbocycles. The Hall–Kier alpha value is -5.52. The molecule has 1 heterocycles. The van der Waals surface area contributed by atoms with E-state index in [-0.39, 0.29) is 23.4 Å². The first-order chi connectivity index (χ1) is 27.3. The number of hydrogen-bond acceptors (Lipinski definition) is 6. The van der Waals surface area contributed by atoms with Gasteiger partial charge >= 0.3 is 12.1 Å². The summed E-state index contributed by atoms with van der Waals surface area (Å²) in [4.78, 5) is 50.0. The number of aliphatic carboxylic acids is 1. The second-order valence-corrected chi connectivity index (χ2v) is 15.5. The van der Waals surface area contributed by atoms with Crippen molar-refractivity contribution in [2.45, 2.75) is 77.4 Å².